The van der Waals surface area contributed by atoms with E-state index in [1.807, 2.05) is 37.3 Å². The van der Waals surface area contributed by atoms with Gasteiger partial charge in [0, 0.05) is 19.3 Å². The van der Waals surface area contributed by atoms with E-state index in [9.17, 15) is 4.79 Å². The zero-order valence-corrected chi connectivity index (χ0v) is 10.4. The Labute approximate surface area is 106 Å². The van der Waals surface area contributed by atoms with E-state index in [1.54, 1.807) is 16.9 Å². The van der Waals surface area contributed by atoms with Gasteiger partial charge in [0.25, 0.3) is 0 Å². The van der Waals surface area contributed by atoms with Crippen molar-refractivity contribution in [2.24, 2.45) is 5.73 Å². The molecule has 94 valence electrons. The summed E-state index contributed by atoms with van der Waals surface area (Å²) in [5.74, 6) is -0.267. The van der Waals surface area contributed by atoms with Gasteiger partial charge in [-0.3, -0.25) is 9.48 Å². The predicted octanol–water partition coefficient (Wildman–Crippen LogP) is 1.83. The van der Waals surface area contributed by atoms with Crippen LogP contribution in [0.15, 0.2) is 42.6 Å². The Kier molecular flexibility index (Phi) is 3.89. The van der Waals surface area contributed by atoms with E-state index < -0.39 is 0 Å². The van der Waals surface area contributed by atoms with Crippen molar-refractivity contribution in [3.05, 3.63) is 53.9 Å². The van der Waals surface area contributed by atoms with Crippen LogP contribution in [0, 0.1) is 0 Å². The Hall–Kier alpha value is -1.94. The quantitative estimate of drug-likeness (QED) is 0.815. The number of Topliss-reactive ketones (excluding diaryl/α,β-unsaturated/α-hetero) is 1. The minimum atomic E-state index is -0.298. The Morgan fingerprint density at radius 1 is 1.33 bits per heavy atom. The lowest BCUT2D eigenvalue weighted by molar-refractivity contribution is 0.0952. The Balaban J connectivity index is 2.32. The normalized spacial score (nSPS) is 12.3. The van der Waals surface area contributed by atoms with Gasteiger partial charge in [0.1, 0.15) is 5.69 Å². The van der Waals surface area contributed by atoms with Gasteiger partial charge >= 0.3 is 0 Å². The number of rotatable bonds is 5. The van der Waals surface area contributed by atoms with E-state index in [0.717, 1.165) is 5.56 Å². The second-order valence-electron chi connectivity index (χ2n) is 4.10. The number of hydrogen-bond donors (Lipinski definition) is 1. The van der Waals surface area contributed by atoms with E-state index >= 15 is 0 Å². The van der Waals surface area contributed by atoms with E-state index in [1.165, 1.54) is 0 Å². The number of ketones is 1. The summed E-state index contributed by atoms with van der Waals surface area (Å²) in [5.41, 5.74) is 7.33. The van der Waals surface area contributed by atoms with Gasteiger partial charge in [-0.2, -0.15) is 5.10 Å². The van der Waals surface area contributed by atoms with Crippen molar-refractivity contribution < 1.29 is 4.79 Å². The number of aryl methyl sites for hydroxylation is 1. The lowest BCUT2D eigenvalue weighted by Crippen LogP contribution is -2.24. The molecule has 0 fully saturated rings. The fourth-order valence-electron chi connectivity index (χ4n) is 2.05. The molecule has 0 saturated carbocycles. The zero-order valence-electron chi connectivity index (χ0n) is 10.4. The topological polar surface area (TPSA) is 60.9 Å². The maximum Gasteiger partial charge on any atom is 0.189 e. The summed E-state index contributed by atoms with van der Waals surface area (Å²) in [6.45, 7) is 2.95. The van der Waals surface area contributed by atoms with E-state index in [-0.39, 0.29) is 11.7 Å². The molecule has 2 N–H and O–H groups in total. The molecule has 0 saturated heterocycles. The second kappa shape index (κ2) is 5.60. The number of nitrogens with zero attached hydrogens (tertiary/aromatic N) is 2. The highest BCUT2D eigenvalue weighted by molar-refractivity contribution is 5.99. The maximum atomic E-state index is 12.5. The van der Waals surface area contributed by atoms with Crippen LogP contribution in [0.1, 0.15) is 28.9 Å². The van der Waals surface area contributed by atoms with Crippen molar-refractivity contribution in [3.63, 3.8) is 0 Å². The molecule has 0 amide bonds. The molecular formula is C14H17N3O. The molecule has 2 rings (SSSR count). The first kappa shape index (κ1) is 12.5. The number of benzene rings is 1. The number of hydrogen-bond acceptors (Lipinski definition) is 3. The Bertz CT molecular complexity index is 519. The minimum Gasteiger partial charge on any atom is -0.329 e. The monoisotopic (exact) mass is 243 g/mol. The molecule has 1 heterocycles. The fourth-order valence-corrected chi connectivity index (χ4v) is 2.05. The van der Waals surface area contributed by atoms with Crippen molar-refractivity contribution >= 4 is 5.78 Å². The number of carbonyl (C=O) groups excluding carboxylic acids is 1. The van der Waals surface area contributed by atoms with E-state index in [4.69, 9.17) is 5.73 Å². The van der Waals surface area contributed by atoms with Gasteiger partial charge < -0.3 is 5.73 Å². The van der Waals surface area contributed by atoms with Crippen molar-refractivity contribution in [3.8, 4) is 0 Å². The predicted molar refractivity (Wildman–Crippen MR) is 70.5 cm³/mol. The van der Waals surface area contributed by atoms with Crippen LogP contribution in [0.2, 0.25) is 0 Å². The summed E-state index contributed by atoms with van der Waals surface area (Å²) in [7, 11) is 0. The first-order valence-corrected chi connectivity index (χ1v) is 6.09. The highest BCUT2D eigenvalue weighted by Gasteiger charge is 2.22. The molecule has 2 aromatic rings. The van der Waals surface area contributed by atoms with E-state index in [0.29, 0.717) is 18.8 Å². The summed E-state index contributed by atoms with van der Waals surface area (Å²) < 4.78 is 1.70. The molecule has 0 bridgehead atoms. The first-order valence-electron chi connectivity index (χ1n) is 6.09. The molecule has 0 aliphatic rings. The van der Waals surface area contributed by atoms with Crippen LogP contribution in [0.25, 0.3) is 0 Å². The van der Waals surface area contributed by atoms with Gasteiger partial charge in [-0.1, -0.05) is 30.3 Å². The van der Waals surface area contributed by atoms with Crippen LogP contribution in [0.3, 0.4) is 0 Å². The van der Waals surface area contributed by atoms with Crippen LogP contribution in [0.5, 0.6) is 0 Å². The number of aromatic nitrogens is 2. The molecule has 0 radical (unpaired) electrons. The molecule has 0 spiro atoms. The molecular weight excluding hydrogens is 226 g/mol. The SMILES string of the molecule is CCn1nccc1C(=O)C(CN)c1ccccc1. The van der Waals surface area contributed by atoms with Crippen molar-refractivity contribution in [2.75, 3.05) is 6.54 Å². The summed E-state index contributed by atoms with van der Waals surface area (Å²) in [6, 6.07) is 11.4. The van der Waals surface area contributed by atoms with Gasteiger partial charge in [-0.25, -0.2) is 0 Å². The second-order valence-corrected chi connectivity index (χ2v) is 4.10. The summed E-state index contributed by atoms with van der Waals surface area (Å²) in [4.78, 5) is 12.5. The standard InChI is InChI=1S/C14H17N3O/c1-2-17-13(8-9-16-17)14(18)12(10-15)11-6-4-3-5-7-11/h3-9,12H,2,10,15H2,1H3. The third-order valence-corrected chi connectivity index (χ3v) is 3.02. The molecule has 1 atom stereocenters. The van der Waals surface area contributed by atoms with Crippen LogP contribution < -0.4 is 5.73 Å². The van der Waals surface area contributed by atoms with Crippen LogP contribution >= 0.6 is 0 Å². The molecule has 1 unspecified atom stereocenters. The van der Waals surface area contributed by atoms with Gasteiger partial charge in [0.2, 0.25) is 0 Å². The Morgan fingerprint density at radius 2 is 2.06 bits per heavy atom. The fraction of sp³-hybridized carbons (Fsp3) is 0.286. The average Bonchev–Trinajstić information content (AvgIpc) is 2.89. The first-order chi connectivity index (χ1) is 8.77. The van der Waals surface area contributed by atoms with Crippen molar-refractivity contribution in [1.82, 2.24) is 9.78 Å². The van der Waals surface area contributed by atoms with E-state index in [2.05, 4.69) is 5.10 Å². The maximum absolute atomic E-state index is 12.5. The highest BCUT2D eigenvalue weighted by Crippen LogP contribution is 2.19. The molecule has 1 aromatic carbocycles. The van der Waals surface area contributed by atoms with Crippen LogP contribution in [-0.2, 0) is 6.54 Å². The van der Waals surface area contributed by atoms with Gasteiger partial charge in [0.05, 0.1) is 5.92 Å². The van der Waals surface area contributed by atoms with Crippen LogP contribution in [0.4, 0.5) is 0 Å². The smallest absolute Gasteiger partial charge is 0.189 e. The van der Waals surface area contributed by atoms with Crippen LogP contribution in [-0.4, -0.2) is 22.1 Å². The zero-order chi connectivity index (χ0) is 13.0. The van der Waals surface area contributed by atoms with Gasteiger partial charge in [-0.05, 0) is 18.6 Å². The third-order valence-electron chi connectivity index (χ3n) is 3.02. The average molecular weight is 243 g/mol. The summed E-state index contributed by atoms with van der Waals surface area (Å²) >= 11 is 0. The molecule has 0 aliphatic heterocycles. The lowest BCUT2D eigenvalue weighted by Gasteiger charge is -2.14. The van der Waals surface area contributed by atoms with Gasteiger partial charge in [-0.15, -0.1) is 0 Å². The molecule has 4 nitrogen and oxygen atoms in total. The highest BCUT2D eigenvalue weighted by atomic mass is 16.1. The minimum absolute atomic E-state index is 0.0306. The number of nitrogens with two attached hydrogens (primary N) is 1. The molecule has 0 aliphatic carbocycles. The molecule has 18 heavy (non-hydrogen) atoms. The third kappa shape index (κ3) is 2.33. The summed E-state index contributed by atoms with van der Waals surface area (Å²) in [6.07, 6.45) is 1.65. The van der Waals surface area contributed by atoms with Crippen molar-refractivity contribution in [2.45, 2.75) is 19.4 Å². The molecule has 4 heteroatoms. The largest absolute Gasteiger partial charge is 0.329 e. The van der Waals surface area contributed by atoms with Gasteiger partial charge in [0.15, 0.2) is 5.78 Å². The molecule has 1 aromatic heterocycles. The van der Waals surface area contributed by atoms with Crippen molar-refractivity contribution in [1.29, 1.82) is 0 Å². The Morgan fingerprint density at radius 3 is 2.67 bits per heavy atom. The summed E-state index contributed by atoms with van der Waals surface area (Å²) in [5, 5.41) is 4.12. The lowest BCUT2D eigenvalue weighted by atomic mass is 9.93. The number of carbonyl (C=O) groups is 1.